The summed E-state index contributed by atoms with van der Waals surface area (Å²) in [6.07, 6.45) is 0. The highest BCUT2D eigenvalue weighted by Crippen LogP contribution is 2.42. The highest BCUT2D eigenvalue weighted by atomic mass is 32.1. The zero-order valence-electron chi connectivity index (χ0n) is 26.9. The highest BCUT2D eigenvalue weighted by Gasteiger charge is 2.19. The SMILES string of the molecule is c1ccc(-c2nc(-c3ccccc3)nc(-c3ccc4c5cccc(-c6ccc7sc8ccccc8c7c6)c5n(-c5ccccc5)c4c3)n2)cc1. The van der Waals surface area contributed by atoms with E-state index in [1.807, 2.05) is 72.0 Å². The third kappa shape index (κ3) is 4.71. The minimum atomic E-state index is 0.638. The molecule has 0 bridgehead atoms. The second-order valence-corrected chi connectivity index (χ2v) is 13.5. The van der Waals surface area contributed by atoms with Crippen LogP contribution in [0.4, 0.5) is 0 Å². The third-order valence-corrected chi connectivity index (χ3v) is 10.6. The maximum atomic E-state index is 5.05. The number of hydrogen-bond donors (Lipinski definition) is 0. The Bertz CT molecular complexity index is 2800. The van der Waals surface area contributed by atoms with Gasteiger partial charge in [-0.3, -0.25) is 0 Å². The average molecular weight is 657 g/mol. The van der Waals surface area contributed by atoms with E-state index >= 15 is 0 Å². The molecule has 0 radical (unpaired) electrons. The molecule has 3 heterocycles. The van der Waals surface area contributed by atoms with Crippen molar-refractivity contribution in [2.75, 3.05) is 0 Å². The van der Waals surface area contributed by atoms with Crippen molar-refractivity contribution >= 4 is 53.3 Å². The Labute approximate surface area is 292 Å². The molecule has 7 aromatic carbocycles. The Morgan fingerprint density at radius 1 is 0.380 bits per heavy atom. The van der Waals surface area contributed by atoms with Gasteiger partial charge in [0.1, 0.15) is 0 Å². The van der Waals surface area contributed by atoms with Gasteiger partial charge in [-0.05, 0) is 42.0 Å². The maximum absolute atomic E-state index is 5.05. The average Bonchev–Trinajstić information content (AvgIpc) is 3.74. The number of nitrogens with zero attached hydrogens (tertiary/aromatic N) is 4. The molecule has 5 heteroatoms. The van der Waals surface area contributed by atoms with Crippen LogP contribution in [0.1, 0.15) is 0 Å². The molecule has 0 spiro atoms. The van der Waals surface area contributed by atoms with Crippen LogP contribution in [-0.2, 0) is 0 Å². The molecule has 0 fully saturated rings. The van der Waals surface area contributed by atoms with Crippen LogP contribution in [0.2, 0.25) is 0 Å². The van der Waals surface area contributed by atoms with E-state index in [0.717, 1.165) is 27.9 Å². The fourth-order valence-electron chi connectivity index (χ4n) is 7.12. The lowest BCUT2D eigenvalue weighted by Gasteiger charge is -2.12. The van der Waals surface area contributed by atoms with E-state index in [4.69, 9.17) is 15.0 Å². The van der Waals surface area contributed by atoms with Gasteiger partial charge in [0, 0.05) is 58.9 Å². The van der Waals surface area contributed by atoms with Gasteiger partial charge in [0.15, 0.2) is 17.5 Å². The lowest BCUT2D eigenvalue weighted by Crippen LogP contribution is -2.00. The number of fused-ring (bicyclic) bond motifs is 6. The first-order valence-corrected chi connectivity index (χ1v) is 17.5. The number of hydrogen-bond acceptors (Lipinski definition) is 4. The first kappa shape index (κ1) is 28.6. The lowest BCUT2D eigenvalue weighted by molar-refractivity contribution is 1.07. The smallest absolute Gasteiger partial charge is 0.164 e. The molecule has 50 heavy (non-hydrogen) atoms. The minimum absolute atomic E-state index is 0.638. The number of para-hydroxylation sites is 2. The molecular formula is C45H28N4S. The summed E-state index contributed by atoms with van der Waals surface area (Å²) in [4.78, 5) is 15.0. The van der Waals surface area contributed by atoms with E-state index in [-0.39, 0.29) is 0 Å². The Balaban J connectivity index is 1.23. The van der Waals surface area contributed by atoms with Crippen LogP contribution in [-0.4, -0.2) is 19.5 Å². The zero-order valence-corrected chi connectivity index (χ0v) is 27.7. The van der Waals surface area contributed by atoms with Gasteiger partial charge in [-0.1, -0.05) is 133 Å². The van der Waals surface area contributed by atoms with Crippen molar-refractivity contribution in [1.29, 1.82) is 0 Å². The maximum Gasteiger partial charge on any atom is 0.164 e. The van der Waals surface area contributed by atoms with Crippen LogP contribution in [0.15, 0.2) is 170 Å². The van der Waals surface area contributed by atoms with Crippen LogP contribution in [0.3, 0.4) is 0 Å². The fraction of sp³-hybridized carbons (Fsp3) is 0. The predicted octanol–water partition coefficient (Wildman–Crippen LogP) is 12.0. The largest absolute Gasteiger partial charge is 0.309 e. The summed E-state index contributed by atoms with van der Waals surface area (Å²) in [6, 6.07) is 59.8. The van der Waals surface area contributed by atoms with Crippen LogP contribution in [0, 0.1) is 0 Å². The van der Waals surface area contributed by atoms with E-state index < -0.39 is 0 Å². The molecule has 0 N–H and O–H groups in total. The van der Waals surface area contributed by atoms with Crippen molar-refractivity contribution in [3.8, 4) is 51.0 Å². The molecule has 10 aromatic rings. The molecule has 0 saturated heterocycles. The molecule has 0 aliphatic heterocycles. The fourth-order valence-corrected chi connectivity index (χ4v) is 8.20. The van der Waals surface area contributed by atoms with Crippen molar-refractivity contribution in [2.45, 2.75) is 0 Å². The molecule has 0 saturated carbocycles. The molecule has 0 amide bonds. The van der Waals surface area contributed by atoms with E-state index in [9.17, 15) is 0 Å². The van der Waals surface area contributed by atoms with Crippen molar-refractivity contribution < 1.29 is 0 Å². The van der Waals surface area contributed by atoms with Gasteiger partial charge in [-0.25, -0.2) is 15.0 Å². The first-order valence-electron chi connectivity index (χ1n) is 16.7. The molecule has 0 aliphatic rings. The van der Waals surface area contributed by atoms with Crippen molar-refractivity contribution in [3.63, 3.8) is 0 Å². The minimum Gasteiger partial charge on any atom is -0.309 e. The van der Waals surface area contributed by atoms with Crippen LogP contribution >= 0.6 is 11.3 Å². The second-order valence-electron chi connectivity index (χ2n) is 12.5. The summed E-state index contributed by atoms with van der Waals surface area (Å²) in [6.45, 7) is 0. The van der Waals surface area contributed by atoms with E-state index in [2.05, 4.69) is 114 Å². The van der Waals surface area contributed by atoms with Crippen molar-refractivity contribution in [1.82, 2.24) is 19.5 Å². The molecular weight excluding hydrogens is 629 g/mol. The number of rotatable bonds is 5. The van der Waals surface area contributed by atoms with Gasteiger partial charge >= 0.3 is 0 Å². The standard InChI is InChI=1S/C45H28N4S/c1-4-13-29(14-5-1)43-46-44(30-15-6-2-7-16-30)48-45(47-43)32-23-25-35-37-21-12-20-34(42(37)49(39(35)28-32)33-17-8-3-9-18-33)31-24-26-41-38(27-31)36-19-10-11-22-40(36)50-41/h1-28H. The van der Waals surface area contributed by atoms with Gasteiger partial charge in [-0.2, -0.15) is 0 Å². The van der Waals surface area contributed by atoms with E-state index in [0.29, 0.717) is 17.5 Å². The van der Waals surface area contributed by atoms with Crippen molar-refractivity contribution in [3.05, 3.63) is 170 Å². The lowest BCUT2D eigenvalue weighted by atomic mass is 10.00. The Kier molecular flexibility index (Phi) is 6.64. The monoisotopic (exact) mass is 656 g/mol. The Morgan fingerprint density at radius 3 is 1.68 bits per heavy atom. The van der Waals surface area contributed by atoms with Crippen molar-refractivity contribution in [2.24, 2.45) is 0 Å². The molecule has 234 valence electrons. The Morgan fingerprint density at radius 2 is 0.960 bits per heavy atom. The van der Waals surface area contributed by atoms with E-state index in [1.165, 1.54) is 47.6 Å². The normalized spacial score (nSPS) is 11.6. The van der Waals surface area contributed by atoms with Gasteiger partial charge in [0.2, 0.25) is 0 Å². The summed E-state index contributed by atoms with van der Waals surface area (Å²) in [5, 5.41) is 4.98. The zero-order chi connectivity index (χ0) is 33.0. The predicted molar refractivity (Wildman–Crippen MR) is 209 cm³/mol. The first-order chi connectivity index (χ1) is 24.8. The summed E-state index contributed by atoms with van der Waals surface area (Å²) < 4.78 is 5.02. The summed E-state index contributed by atoms with van der Waals surface area (Å²) >= 11 is 1.85. The Hall–Kier alpha value is -6.43. The van der Waals surface area contributed by atoms with Gasteiger partial charge in [0.05, 0.1) is 11.0 Å². The third-order valence-electron chi connectivity index (χ3n) is 9.45. The number of aromatic nitrogens is 4. The second kappa shape index (κ2) is 11.6. The highest BCUT2D eigenvalue weighted by molar-refractivity contribution is 7.25. The van der Waals surface area contributed by atoms with Crippen LogP contribution in [0.5, 0.6) is 0 Å². The molecule has 3 aromatic heterocycles. The van der Waals surface area contributed by atoms with Gasteiger partial charge in [-0.15, -0.1) is 11.3 Å². The number of thiophene rings is 1. The molecule has 4 nitrogen and oxygen atoms in total. The van der Waals surface area contributed by atoms with Crippen LogP contribution < -0.4 is 0 Å². The summed E-state index contributed by atoms with van der Waals surface area (Å²) in [7, 11) is 0. The van der Waals surface area contributed by atoms with Gasteiger partial charge in [0.25, 0.3) is 0 Å². The summed E-state index contributed by atoms with van der Waals surface area (Å²) in [5.74, 6) is 1.94. The molecule has 0 aliphatic carbocycles. The van der Waals surface area contributed by atoms with Gasteiger partial charge < -0.3 is 4.57 Å². The molecule has 10 rings (SSSR count). The molecule has 0 unspecified atom stereocenters. The van der Waals surface area contributed by atoms with E-state index in [1.54, 1.807) is 0 Å². The quantitative estimate of drug-likeness (QED) is 0.185. The topological polar surface area (TPSA) is 43.6 Å². The number of benzene rings is 7. The molecule has 0 atom stereocenters. The summed E-state index contributed by atoms with van der Waals surface area (Å²) in [5.41, 5.74) is 8.60. The van der Waals surface area contributed by atoms with Crippen LogP contribution in [0.25, 0.3) is 93.0 Å².